The number of aliphatic hydroxyl groups is 3. The van der Waals surface area contributed by atoms with E-state index >= 15 is 0 Å². The van der Waals surface area contributed by atoms with Crippen molar-refractivity contribution < 1.29 is 43.3 Å². The van der Waals surface area contributed by atoms with Gasteiger partial charge in [-0.2, -0.15) is 4.98 Å². The highest BCUT2D eigenvalue weighted by molar-refractivity contribution is 7.47. The Bertz CT molecular complexity index is 1840. The Labute approximate surface area is 382 Å². The zero-order chi connectivity index (χ0) is 46.6. The number of unbranched alkanes of at least 4 members (excludes halogenated alkanes) is 22. The third-order valence-corrected chi connectivity index (χ3v) is 13.0. The molecule has 64 heavy (non-hydrogen) atoms. The summed E-state index contributed by atoms with van der Waals surface area (Å²) in [5.41, 5.74) is 0.726. The van der Waals surface area contributed by atoms with E-state index in [9.17, 15) is 34.4 Å². The lowest BCUT2D eigenvalue weighted by molar-refractivity contribution is -0.0820. The minimum absolute atomic E-state index is 0.122. The number of hydrogen-bond donors (Lipinski definition) is 5. The summed E-state index contributed by atoms with van der Waals surface area (Å²) in [5.74, 6) is -0.122. The lowest BCUT2D eigenvalue weighted by Gasteiger charge is -2.26. The molecule has 0 fully saturated rings. The summed E-state index contributed by atoms with van der Waals surface area (Å²) in [7, 11) is -4.75. The lowest BCUT2D eigenvalue weighted by Crippen LogP contribution is -2.42. The van der Waals surface area contributed by atoms with Gasteiger partial charge in [0.2, 0.25) is 0 Å². The topological polar surface area (TPSA) is 216 Å². The second kappa shape index (κ2) is 32.2. The summed E-state index contributed by atoms with van der Waals surface area (Å²) in [6.45, 7) is 7.82. The molecule has 5 N–H and O–H groups in total. The Hall–Kier alpha value is -2.59. The Morgan fingerprint density at radius 3 is 1.67 bits per heavy atom. The molecule has 0 amide bonds. The molecule has 16 heteroatoms. The molecule has 0 aromatic heterocycles. The highest BCUT2D eigenvalue weighted by Gasteiger charge is 2.32. The van der Waals surface area contributed by atoms with Gasteiger partial charge in [0.05, 0.1) is 37.4 Å². The number of hydrogen-bond acceptors (Lipinski definition) is 12. The number of phosphoric ester groups is 1. The summed E-state index contributed by atoms with van der Waals surface area (Å²) in [4.78, 5) is 45.8. The molecule has 0 spiro atoms. The quantitative estimate of drug-likeness (QED) is 0.0205. The molecule has 3 rings (SSSR count). The summed E-state index contributed by atoms with van der Waals surface area (Å²) < 4.78 is 36.7. The molecule has 0 aliphatic carbocycles. The molecule has 1 aromatic rings. The van der Waals surface area contributed by atoms with Crippen molar-refractivity contribution in [2.75, 3.05) is 33.0 Å². The molecule has 1 aromatic carbocycles. The van der Waals surface area contributed by atoms with Crippen LogP contribution in [0.3, 0.4) is 0 Å². The Morgan fingerprint density at radius 2 is 1.12 bits per heavy atom. The van der Waals surface area contributed by atoms with E-state index in [2.05, 4.69) is 28.8 Å². The maximum absolute atomic E-state index is 13.0. The van der Waals surface area contributed by atoms with Gasteiger partial charge in [-0.1, -0.05) is 155 Å². The number of H-pyrrole nitrogens is 1. The van der Waals surface area contributed by atoms with Crippen LogP contribution < -0.4 is 11.2 Å². The molecule has 0 saturated carbocycles. The van der Waals surface area contributed by atoms with Gasteiger partial charge in [-0.15, -0.1) is 0 Å². The van der Waals surface area contributed by atoms with Crippen molar-refractivity contribution in [3.63, 3.8) is 0 Å². The van der Waals surface area contributed by atoms with E-state index in [1.807, 2.05) is 13.8 Å². The minimum Gasteiger partial charge on any atom is -0.388 e. The van der Waals surface area contributed by atoms with Crippen molar-refractivity contribution in [3.8, 4) is 11.5 Å². The van der Waals surface area contributed by atoms with Crippen molar-refractivity contribution in [1.82, 2.24) is 19.5 Å². The van der Waals surface area contributed by atoms with E-state index < -0.39 is 56.6 Å². The number of nitrogens with zero attached hydrogens (tertiary/aromatic N) is 3. The largest absolute Gasteiger partial charge is 0.472 e. The number of phosphoric acid groups is 1. The van der Waals surface area contributed by atoms with Gasteiger partial charge >= 0.3 is 13.5 Å². The van der Waals surface area contributed by atoms with E-state index in [-0.39, 0.29) is 24.7 Å². The summed E-state index contributed by atoms with van der Waals surface area (Å²) in [6, 6.07) is 3.50. The average Bonchev–Trinajstić information content (AvgIpc) is 3.26. The van der Waals surface area contributed by atoms with Crippen molar-refractivity contribution >= 4 is 18.9 Å². The van der Waals surface area contributed by atoms with Crippen LogP contribution in [-0.4, -0.2) is 97.2 Å². The molecule has 366 valence electrons. The number of nitrogens with one attached hydrogen (secondary N) is 1. The maximum atomic E-state index is 13.0. The molecule has 2 aliphatic heterocycles. The van der Waals surface area contributed by atoms with Crippen molar-refractivity contribution in [2.45, 2.75) is 213 Å². The molecule has 15 nitrogen and oxygen atoms in total. The fraction of sp³-hybridized carbons (Fsp3) is 0.792. The number of rotatable bonds is 39. The molecule has 0 radical (unpaired) electrons. The van der Waals surface area contributed by atoms with Crippen LogP contribution in [0.5, 0.6) is 0 Å². The fourth-order valence-electron chi connectivity index (χ4n) is 7.87. The number of fused-ring (bicyclic) bond motifs is 2. The van der Waals surface area contributed by atoms with Gasteiger partial charge < -0.3 is 34.3 Å². The van der Waals surface area contributed by atoms with Crippen molar-refractivity contribution in [2.24, 2.45) is 0 Å². The molecular weight excluding hydrogens is 840 g/mol. The van der Waals surface area contributed by atoms with Gasteiger partial charge in [0.15, 0.2) is 11.5 Å². The first kappa shape index (κ1) is 55.7. The molecule has 0 bridgehead atoms. The van der Waals surface area contributed by atoms with E-state index in [0.29, 0.717) is 24.2 Å². The second-order valence-electron chi connectivity index (χ2n) is 17.7. The number of benzene rings is 1. The summed E-state index contributed by atoms with van der Waals surface area (Å²) in [5, 5.41) is 32.8. The van der Waals surface area contributed by atoms with Gasteiger partial charge in [-0.05, 0) is 49.9 Å². The molecule has 4 unspecified atom stereocenters. The maximum Gasteiger partial charge on any atom is 0.472 e. The third kappa shape index (κ3) is 21.8. The number of aryl methyl sites for hydroxylation is 2. The van der Waals surface area contributed by atoms with Crippen molar-refractivity contribution in [3.05, 3.63) is 44.1 Å². The molecule has 2 aliphatic rings. The average molecular weight is 923 g/mol. The first-order valence-corrected chi connectivity index (χ1v) is 26.1. The SMILES string of the molecule is CCCCCCCCCCCCCCOC[C@@H](COP(=O)(O)OCC(O)C(O)C(O)Cn1c2nc(=O)[nH]c(=O)c-2nc2cc(C)c(C)cc21)OCCCCCCCCCCCCCC. The predicted molar refractivity (Wildman–Crippen MR) is 253 cm³/mol. The molecule has 2 heterocycles. The standard InChI is InChI=1S/C48H83N4O11P/c1-5-7-9-11-13-15-17-19-21-23-25-27-29-60-34-39(61-30-28-26-24-22-20-18-16-14-12-10-8-6-2)35-62-64(58,59)63-36-43(54)45(55)42(53)33-52-41-32-38(4)37(3)31-40(41)49-44-46(52)50-48(57)51-47(44)56/h31-32,39,42-43,45,53-55H,5-30,33-36H2,1-4H3,(H,58,59)(H,51,56,57)/t39-,42?,43?,45?/m0/s1. The lowest BCUT2D eigenvalue weighted by atomic mass is 10.1. The number of aromatic amines is 1. The Morgan fingerprint density at radius 1 is 0.641 bits per heavy atom. The normalized spacial score (nSPS) is 14.9. The van der Waals surface area contributed by atoms with Crippen LogP contribution in [0.4, 0.5) is 0 Å². The second-order valence-corrected chi connectivity index (χ2v) is 19.2. The highest BCUT2D eigenvalue weighted by Crippen LogP contribution is 2.43. The first-order valence-electron chi connectivity index (χ1n) is 24.6. The predicted octanol–water partition coefficient (Wildman–Crippen LogP) is 9.22. The van der Waals surface area contributed by atoms with Gasteiger partial charge in [-0.3, -0.25) is 18.8 Å². The van der Waals surface area contributed by atoms with Crippen LogP contribution in [-0.2, 0) is 29.6 Å². The monoisotopic (exact) mass is 923 g/mol. The number of ether oxygens (including phenoxy) is 2. The third-order valence-electron chi connectivity index (χ3n) is 12.0. The Balaban J connectivity index is 1.47. The molecule has 0 saturated heterocycles. The van der Waals surface area contributed by atoms with Gasteiger partial charge in [0.25, 0.3) is 5.56 Å². The summed E-state index contributed by atoms with van der Waals surface area (Å²) >= 11 is 0. The zero-order valence-corrected chi connectivity index (χ0v) is 40.5. The van der Waals surface area contributed by atoms with Crippen LogP contribution in [0.1, 0.15) is 179 Å². The number of aromatic nitrogens is 4. The van der Waals surface area contributed by atoms with Gasteiger partial charge in [-0.25, -0.2) is 14.3 Å². The van der Waals surface area contributed by atoms with E-state index in [1.54, 1.807) is 12.1 Å². The van der Waals surface area contributed by atoms with Crippen LogP contribution in [0.25, 0.3) is 22.6 Å². The van der Waals surface area contributed by atoms with Crippen LogP contribution >= 0.6 is 7.82 Å². The Kier molecular flexibility index (Phi) is 28.0. The van der Waals surface area contributed by atoms with Crippen LogP contribution in [0.2, 0.25) is 0 Å². The zero-order valence-electron chi connectivity index (χ0n) is 39.6. The minimum atomic E-state index is -4.75. The van der Waals surface area contributed by atoms with E-state index in [4.69, 9.17) is 18.5 Å². The molecular formula is C48H83N4O11P. The smallest absolute Gasteiger partial charge is 0.388 e. The van der Waals surface area contributed by atoms with E-state index in [0.717, 1.165) is 43.2 Å². The fourth-order valence-corrected chi connectivity index (χ4v) is 8.64. The van der Waals surface area contributed by atoms with Crippen molar-refractivity contribution in [1.29, 1.82) is 0 Å². The van der Waals surface area contributed by atoms with Crippen LogP contribution in [0, 0.1) is 13.8 Å². The number of aliphatic hydroxyl groups excluding tert-OH is 3. The molecule has 5 atom stereocenters. The summed E-state index contributed by atoms with van der Waals surface area (Å²) in [6.07, 6.45) is 23.5. The van der Waals surface area contributed by atoms with Gasteiger partial charge in [0, 0.05) is 13.2 Å². The highest BCUT2D eigenvalue weighted by atomic mass is 31.2. The van der Waals surface area contributed by atoms with E-state index in [1.165, 1.54) is 127 Å². The van der Waals surface area contributed by atoms with Crippen LogP contribution in [0.15, 0.2) is 21.7 Å². The first-order chi connectivity index (χ1) is 30.9. The van der Waals surface area contributed by atoms with Gasteiger partial charge in [0.1, 0.15) is 24.4 Å².